The fourth-order valence-corrected chi connectivity index (χ4v) is 3.80. The van der Waals surface area contributed by atoms with E-state index in [0.717, 1.165) is 21.1 Å². The van der Waals surface area contributed by atoms with E-state index in [9.17, 15) is 4.79 Å². The third-order valence-electron chi connectivity index (χ3n) is 3.14. The van der Waals surface area contributed by atoms with Crippen molar-refractivity contribution in [3.05, 3.63) is 28.9 Å². The number of thioether (sulfide) groups is 1. The van der Waals surface area contributed by atoms with Gasteiger partial charge in [0, 0.05) is 10.3 Å². The molecule has 0 aliphatic carbocycles. The zero-order chi connectivity index (χ0) is 16.4. The van der Waals surface area contributed by atoms with Crippen LogP contribution in [0.2, 0.25) is 0 Å². The second-order valence-electron chi connectivity index (χ2n) is 5.11. The Balaban J connectivity index is 1.62. The number of hydrogen-bond acceptors (Lipinski definition) is 7. The predicted molar refractivity (Wildman–Crippen MR) is 90.6 cm³/mol. The van der Waals surface area contributed by atoms with Crippen LogP contribution in [0.1, 0.15) is 29.5 Å². The minimum atomic E-state index is -0.234. The smallest absolute Gasteiger partial charge is 0.231 e. The number of nitrogens with zero attached hydrogens (tertiary/aromatic N) is 4. The molecule has 3 rings (SSSR count). The molecule has 23 heavy (non-hydrogen) atoms. The molecule has 0 aromatic carbocycles. The number of carbonyl (C=O) groups is 1. The second kappa shape index (κ2) is 6.63. The number of aryl methyl sites for hydroxylation is 2. The van der Waals surface area contributed by atoms with Crippen LogP contribution in [-0.4, -0.2) is 36.8 Å². The number of aromatic amines is 1. The Morgan fingerprint density at radius 1 is 1.43 bits per heavy atom. The monoisotopic (exact) mass is 348 g/mol. The number of nitrogens with one attached hydrogen (secondary N) is 2. The summed E-state index contributed by atoms with van der Waals surface area (Å²) in [6.07, 6.45) is 1.54. The third kappa shape index (κ3) is 3.67. The summed E-state index contributed by atoms with van der Waals surface area (Å²) in [5.74, 6) is 1.52. The van der Waals surface area contributed by atoms with Crippen molar-refractivity contribution in [2.75, 3.05) is 5.75 Å². The maximum Gasteiger partial charge on any atom is 0.231 e. The molecule has 1 amide bonds. The van der Waals surface area contributed by atoms with Crippen molar-refractivity contribution in [3.8, 4) is 0 Å². The highest BCUT2D eigenvalue weighted by molar-refractivity contribution is 8.00. The fourth-order valence-electron chi connectivity index (χ4n) is 2.10. The minimum absolute atomic E-state index is 0.0799. The summed E-state index contributed by atoms with van der Waals surface area (Å²) in [5, 5.41) is 11.5. The molecule has 0 saturated carbocycles. The maximum atomic E-state index is 12.1. The van der Waals surface area contributed by atoms with Gasteiger partial charge in [-0.05, 0) is 26.8 Å². The van der Waals surface area contributed by atoms with Crippen LogP contribution in [0.5, 0.6) is 0 Å². The Morgan fingerprint density at radius 2 is 2.26 bits per heavy atom. The van der Waals surface area contributed by atoms with Crippen LogP contribution >= 0.6 is 23.1 Å². The molecule has 0 bridgehead atoms. The first kappa shape index (κ1) is 15.9. The number of H-pyrrole nitrogens is 1. The van der Waals surface area contributed by atoms with Gasteiger partial charge in [-0.3, -0.25) is 9.89 Å². The summed E-state index contributed by atoms with van der Waals surface area (Å²) >= 11 is 3.03. The largest absolute Gasteiger partial charge is 0.346 e. The molecule has 1 unspecified atom stereocenters. The van der Waals surface area contributed by atoms with Crippen molar-refractivity contribution in [1.82, 2.24) is 30.5 Å². The number of rotatable bonds is 5. The first-order valence-corrected chi connectivity index (χ1v) is 8.85. The van der Waals surface area contributed by atoms with Gasteiger partial charge in [0.05, 0.1) is 11.8 Å². The topological polar surface area (TPSA) is 96.5 Å². The van der Waals surface area contributed by atoms with Crippen molar-refractivity contribution < 1.29 is 4.79 Å². The Morgan fingerprint density at radius 3 is 3.00 bits per heavy atom. The van der Waals surface area contributed by atoms with E-state index in [1.165, 1.54) is 23.0 Å². The number of amides is 1. The van der Waals surface area contributed by atoms with Crippen molar-refractivity contribution in [3.63, 3.8) is 0 Å². The van der Waals surface area contributed by atoms with Gasteiger partial charge in [-0.15, -0.1) is 11.3 Å². The maximum absolute atomic E-state index is 12.1. The van der Waals surface area contributed by atoms with E-state index in [-0.39, 0.29) is 17.7 Å². The lowest BCUT2D eigenvalue weighted by Gasteiger charge is -2.10. The Hall–Kier alpha value is -2.00. The molecule has 0 aliphatic rings. The van der Waals surface area contributed by atoms with E-state index in [0.29, 0.717) is 5.82 Å². The average molecular weight is 348 g/mol. The molecule has 9 heteroatoms. The minimum Gasteiger partial charge on any atom is -0.346 e. The highest BCUT2D eigenvalue weighted by Crippen LogP contribution is 2.30. The van der Waals surface area contributed by atoms with Gasteiger partial charge >= 0.3 is 0 Å². The quantitative estimate of drug-likeness (QED) is 0.543. The second-order valence-corrected chi connectivity index (χ2v) is 7.31. The summed E-state index contributed by atoms with van der Waals surface area (Å²) in [4.78, 5) is 27.0. The van der Waals surface area contributed by atoms with Gasteiger partial charge in [-0.1, -0.05) is 11.8 Å². The van der Waals surface area contributed by atoms with Crippen LogP contribution in [-0.2, 0) is 4.79 Å². The van der Waals surface area contributed by atoms with Crippen molar-refractivity contribution in [2.24, 2.45) is 0 Å². The average Bonchev–Trinajstić information content (AvgIpc) is 3.10. The van der Waals surface area contributed by atoms with E-state index in [4.69, 9.17) is 0 Å². The zero-order valence-electron chi connectivity index (χ0n) is 13.0. The molecule has 0 fully saturated rings. The van der Waals surface area contributed by atoms with E-state index in [1.54, 1.807) is 11.3 Å². The molecule has 3 aromatic heterocycles. The lowest BCUT2D eigenvalue weighted by Crippen LogP contribution is -2.28. The summed E-state index contributed by atoms with van der Waals surface area (Å²) < 4.78 is 0. The van der Waals surface area contributed by atoms with Gasteiger partial charge in [0.1, 0.15) is 22.0 Å². The van der Waals surface area contributed by atoms with Gasteiger partial charge in [-0.25, -0.2) is 15.0 Å². The normalized spacial score (nSPS) is 12.5. The lowest BCUT2D eigenvalue weighted by atomic mass is 10.3. The number of thiophene rings is 1. The predicted octanol–water partition coefficient (Wildman–Crippen LogP) is 2.40. The van der Waals surface area contributed by atoms with E-state index < -0.39 is 0 Å². The summed E-state index contributed by atoms with van der Waals surface area (Å²) in [6.45, 7) is 5.72. The molecular formula is C14H16N6OS2. The van der Waals surface area contributed by atoms with Gasteiger partial charge in [0.15, 0.2) is 5.82 Å². The van der Waals surface area contributed by atoms with E-state index in [1.807, 2.05) is 20.8 Å². The molecule has 3 heterocycles. The van der Waals surface area contributed by atoms with Crippen LogP contribution in [0.15, 0.2) is 17.4 Å². The lowest BCUT2D eigenvalue weighted by molar-refractivity contribution is -0.119. The van der Waals surface area contributed by atoms with Crippen LogP contribution in [0.3, 0.4) is 0 Å². The van der Waals surface area contributed by atoms with Gasteiger partial charge in [0.25, 0.3) is 0 Å². The SMILES string of the molecule is Cc1nc(C(C)NC(=O)CSc2ncnc3sc(C)cc23)n[nH]1. The fraction of sp³-hybridized carbons (Fsp3) is 0.357. The molecule has 7 nitrogen and oxygen atoms in total. The van der Waals surface area contributed by atoms with Gasteiger partial charge in [-0.2, -0.15) is 5.10 Å². The number of carbonyl (C=O) groups excluding carboxylic acids is 1. The summed E-state index contributed by atoms with van der Waals surface area (Å²) in [5.41, 5.74) is 0. The highest BCUT2D eigenvalue weighted by atomic mass is 32.2. The Labute approximate surface area is 141 Å². The van der Waals surface area contributed by atoms with Crippen LogP contribution in [0, 0.1) is 13.8 Å². The molecule has 0 aliphatic heterocycles. The van der Waals surface area contributed by atoms with Crippen LogP contribution < -0.4 is 5.32 Å². The molecule has 1 atom stereocenters. The molecule has 3 aromatic rings. The molecule has 0 saturated heterocycles. The zero-order valence-corrected chi connectivity index (χ0v) is 14.6. The first-order valence-electron chi connectivity index (χ1n) is 7.05. The van der Waals surface area contributed by atoms with Gasteiger partial charge in [0.2, 0.25) is 5.91 Å². The van der Waals surface area contributed by atoms with Crippen molar-refractivity contribution in [2.45, 2.75) is 31.8 Å². The summed E-state index contributed by atoms with van der Waals surface area (Å²) in [6, 6.07) is 1.82. The highest BCUT2D eigenvalue weighted by Gasteiger charge is 2.15. The van der Waals surface area contributed by atoms with Crippen molar-refractivity contribution >= 4 is 39.2 Å². The number of hydrogen-bond donors (Lipinski definition) is 2. The Bertz CT molecular complexity index is 843. The number of fused-ring (bicyclic) bond motifs is 1. The molecule has 2 N–H and O–H groups in total. The van der Waals surface area contributed by atoms with Crippen LogP contribution in [0.4, 0.5) is 0 Å². The van der Waals surface area contributed by atoms with Gasteiger partial charge < -0.3 is 5.32 Å². The standard InChI is InChI=1S/C14H16N6OS2/c1-7-4-10-13(15-6-16-14(10)23-7)22-5-11(21)17-8(2)12-18-9(3)19-20-12/h4,6,8H,5H2,1-3H3,(H,17,21)(H,18,19,20). The molecule has 120 valence electrons. The van der Waals surface area contributed by atoms with E-state index in [2.05, 4.69) is 36.5 Å². The molecule has 0 spiro atoms. The number of aromatic nitrogens is 5. The third-order valence-corrected chi connectivity index (χ3v) is 5.10. The van der Waals surface area contributed by atoms with E-state index >= 15 is 0 Å². The summed E-state index contributed by atoms with van der Waals surface area (Å²) in [7, 11) is 0. The molecule has 0 radical (unpaired) electrons. The Kier molecular flexibility index (Phi) is 4.58. The molecular weight excluding hydrogens is 332 g/mol. The first-order chi connectivity index (χ1) is 11.0. The van der Waals surface area contributed by atoms with Crippen molar-refractivity contribution in [1.29, 1.82) is 0 Å². The van der Waals surface area contributed by atoms with Crippen LogP contribution in [0.25, 0.3) is 10.2 Å².